The van der Waals surface area contributed by atoms with Gasteiger partial charge in [-0.2, -0.15) is 9.97 Å². The SMILES string of the molecule is CC#CO[C@@H]1[C@H](O)[C@@H](CO)O[C@H]1n1cnc2c(N)nc(N)nc21. The van der Waals surface area contributed by atoms with Gasteiger partial charge in [-0.3, -0.25) is 4.57 Å². The van der Waals surface area contributed by atoms with E-state index in [1.54, 1.807) is 6.92 Å². The van der Waals surface area contributed by atoms with Gasteiger partial charge in [-0.1, -0.05) is 5.92 Å². The third kappa shape index (κ3) is 2.50. The lowest BCUT2D eigenvalue weighted by atomic mass is 10.1. The molecule has 0 aliphatic carbocycles. The minimum absolute atomic E-state index is 0.0141. The molecule has 0 bridgehead atoms. The molecule has 3 rings (SSSR count). The molecule has 1 aliphatic heterocycles. The molecular formula is C13H16N6O4. The Morgan fingerprint density at radius 1 is 1.43 bits per heavy atom. The van der Waals surface area contributed by atoms with Crippen molar-refractivity contribution < 1.29 is 19.7 Å². The van der Waals surface area contributed by atoms with Crippen LogP contribution in [0.25, 0.3) is 11.2 Å². The molecule has 23 heavy (non-hydrogen) atoms. The van der Waals surface area contributed by atoms with Gasteiger partial charge < -0.3 is 31.2 Å². The first-order valence-electron chi connectivity index (χ1n) is 6.84. The number of aliphatic hydroxyl groups excluding tert-OH is 2. The second-order valence-electron chi connectivity index (χ2n) is 4.96. The number of aliphatic hydroxyl groups is 2. The summed E-state index contributed by atoms with van der Waals surface area (Å²) in [6.07, 6.45) is 0.339. The van der Waals surface area contributed by atoms with E-state index in [4.69, 9.17) is 20.9 Å². The van der Waals surface area contributed by atoms with Gasteiger partial charge >= 0.3 is 0 Å². The molecule has 0 spiro atoms. The first kappa shape index (κ1) is 15.3. The van der Waals surface area contributed by atoms with Gasteiger partial charge in [-0.25, -0.2) is 4.98 Å². The Bertz CT molecular complexity index is 782. The first-order chi connectivity index (χ1) is 11.1. The van der Waals surface area contributed by atoms with E-state index in [1.165, 1.54) is 10.9 Å². The maximum atomic E-state index is 10.2. The number of nitrogens with zero attached hydrogens (tertiary/aromatic N) is 4. The number of anilines is 2. The first-order valence-corrected chi connectivity index (χ1v) is 6.84. The van der Waals surface area contributed by atoms with Crippen LogP contribution in [0.3, 0.4) is 0 Å². The number of nitrogen functional groups attached to an aromatic ring is 2. The highest BCUT2D eigenvalue weighted by Gasteiger charge is 2.46. The molecule has 4 atom stereocenters. The largest absolute Gasteiger partial charge is 0.436 e. The highest BCUT2D eigenvalue weighted by Crippen LogP contribution is 2.33. The van der Waals surface area contributed by atoms with E-state index >= 15 is 0 Å². The fourth-order valence-electron chi connectivity index (χ4n) is 2.49. The smallest absolute Gasteiger partial charge is 0.224 e. The molecule has 122 valence electrons. The molecule has 10 nitrogen and oxygen atoms in total. The standard InChI is InChI=1S/C13H16N6O4/c1-2-3-22-9-8(21)6(4-20)23-12(9)19-5-16-7-10(14)17-13(15)18-11(7)19/h5-6,8-9,12,20-21H,4H2,1H3,(H4,14,15,17,18)/t6-,8-,9-,12-/m1/s1. The van der Waals surface area contributed by atoms with E-state index < -0.39 is 24.5 Å². The van der Waals surface area contributed by atoms with Gasteiger partial charge in [0.2, 0.25) is 5.95 Å². The van der Waals surface area contributed by atoms with E-state index in [9.17, 15) is 10.2 Å². The molecule has 0 amide bonds. The van der Waals surface area contributed by atoms with Crippen LogP contribution in [-0.2, 0) is 9.47 Å². The molecule has 0 unspecified atom stereocenters. The predicted molar refractivity (Wildman–Crippen MR) is 79.5 cm³/mol. The van der Waals surface area contributed by atoms with Crippen molar-refractivity contribution in [1.82, 2.24) is 19.5 Å². The monoisotopic (exact) mass is 320 g/mol. The highest BCUT2D eigenvalue weighted by molar-refractivity contribution is 5.82. The second kappa shape index (κ2) is 5.88. The van der Waals surface area contributed by atoms with Gasteiger partial charge in [0.1, 0.15) is 23.8 Å². The fourth-order valence-corrected chi connectivity index (χ4v) is 2.49. The molecule has 6 N–H and O–H groups in total. The van der Waals surface area contributed by atoms with E-state index in [-0.39, 0.29) is 18.4 Å². The molecule has 1 aliphatic rings. The van der Waals surface area contributed by atoms with Crippen molar-refractivity contribution in [3.05, 3.63) is 6.33 Å². The highest BCUT2D eigenvalue weighted by atomic mass is 16.6. The maximum Gasteiger partial charge on any atom is 0.224 e. The number of nitrogens with two attached hydrogens (primary N) is 2. The number of hydrogen-bond donors (Lipinski definition) is 4. The molecule has 10 heteroatoms. The topological polar surface area (TPSA) is 155 Å². The lowest BCUT2D eigenvalue weighted by Gasteiger charge is -2.19. The Kier molecular flexibility index (Phi) is 3.91. The molecule has 2 aromatic rings. The summed E-state index contributed by atoms with van der Waals surface area (Å²) in [5, 5.41) is 19.6. The Morgan fingerprint density at radius 3 is 2.91 bits per heavy atom. The predicted octanol–water partition coefficient (Wildman–Crippen LogP) is -1.39. The van der Waals surface area contributed by atoms with Crippen molar-refractivity contribution >= 4 is 22.9 Å². The van der Waals surface area contributed by atoms with Crippen molar-refractivity contribution in [2.45, 2.75) is 31.5 Å². The number of hydrogen-bond acceptors (Lipinski definition) is 9. The zero-order chi connectivity index (χ0) is 16.6. The van der Waals surface area contributed by atoms with Gasteiger partial charge in [0.25, 0.3) is 0 Å². The molecule has 0 radical (unpaired) electrons. The Hall–Kier alpha value is -2.61. The summed E-state index contributed by atoms with van der Waals surface area (Å²) in [7, 11) is 0. The van der Waals surface area contributed by atoms with Crippen LogP contribution in [0.15, 0.2) is 6.33 Å². The molecule has 1 fully saturated rings. The molecular weight excluding hydrogens is 304 g/mol. The summed E-state index contributed by atoms with van der Waals surface area (Å²) in [6, 6.07) is 0. The summed E-state index contributed by atoms with van der Waals surface area (Å²) >= 11 is 0. The lowest BCUT2D eigenvalue weighted by molar-refractivity contribution is -0.0510. The van der Waals surface area contributed by atoms with Crippen molar-refractivity contribution in [3.8, 4) is 12.0 Å². The number of fused-ring (bicyclic) bond motifs is 1. The Morgan fingerprint density at radius 2 is 2.22 bits per heavy atom. The van der Waals surface area contributed by atoms with E-state index in [0.717, 1.165) is 0 Å². The second-order valence-corrected chi connectivity index (χ2v) is 4.96. The Balaban J connectivity index is 2.06. The fraction of sp³-hybridized carbons (Fsp3) is 0.462. The summed E-state index contributed by atoms with van der Waals surface area (Å²) < 4.78 is 12.5. The van der Waals surface area contributed by atoms with Gasteiger partial charge in [0.05, 0.1) is 12.9 Å². The van der Waals surface area contributed by atoms with Crippen molar-refractivity contribution in [1.29, 1.82) is 0 Å². The summed E-state index contributed by atoms with van der Waals surface area (Å²) in [6.45, 7) is 1.23. The lowest BCUT2D eigenvalue weighted by Crippen LogP contribution is -2.34. The minimum atomic E-state index is -1.07. The van der Waals surface area contributed by atoms with Crippen LogP contribution < -0.4 is 11.5 Å². The van der Waals surface area contributed by atoms with Crippen molar-refractivity contribution in [2.24, 2.45) is 0 Å². The van der Waals surface area contributed by atoms with E-state index in [0.29, 0.717) is 11.2 Å². The van der Waals surface area contributed by atoms with Crippen LogP contribution in [-0.4, -0.2) is 54.7 Å². The zero-order valence-corrected chi connectivity index (χ0v) is 12.2. The average Bonchev–Trinajstić information content (AvgIpc) is 3.06. The van der Waals surface area contributed by atoms with Crippen LogP contribution in [0.1, 0.15) is 13.2 Å². The van der Waals surface area contributed by atoms with Gasteiger partial charge in [0.15, 0.2) is 23.8 Å². The molecule has 2 aromatic heterocycles. The zero-order valence-electron chi connectivity index (χ0n) is 12.2. The van der Waals surface area contributed by atoms with E-state index in [2.05, 4.69) is 27.0 Å². The van der Waals surface area contributed by atoms with Crippen LogP contribution in [0.4, 0.5) is 11.8 Å². The van der Waals surface area contributed by atoms with Crippen LogP contribution in [0.2, 0.25) is 0 Å². The average molecular weight is 320 g/mol. The molecule has 0 saturated carbocycles. The summed E-state index contributed by atoms with van der Waals surface area (Å²) in [4.78, 5) is 12.1. The number of imidazole rings is 1. The molecule has 3 heterocycles. The van der Waals surface area contributed by atoms with Gasteiger partial charge in [0, 0.05) is 6.92 Å². The van der Waals surface area contributed by atoms with Gasteiger partial charge in [-0.15, -0.1) is 0 Å². The van der Waals surface area contributed by atoms with Gasteiger partial charge in [-0.05, 0) is 0 Å². The summed E-state index contributed by atoms with van der Waals surface area (Å²) in [5.41, 5.74) is 12.1. The number of rotatable bonds is 3. The maximum absolute atomic E-state index is 10.2. The number of aromatic nitrogens is 4. The summed E-state index contributed by atoms with van der Waals surface area (Å²) in [5.74, 6) is 2.70. The molecule has 1 saturated heterocycles. The van der Waals surface area contributed by atoms with Crippen molar-refractivity contribution in [2.75, 3.05) is 18.1 Å². The van der Waals surface area contributed by atoms with E-state index in [1.807, 2.05) is 0 Å². The third-order valence-electron chi connectivity index (χ3n) is 3.53. The number of ether oxygens (including phenoxy) is 2. The van der Waals surface area contributed by atoms with Crippen LogP contribution in [0, 0.1) is 12.0 Å². The van der Waals surface area contributed by atoms with Crippen LogP contribution in [0.5, 0.6) is 0 Å². The van der Waals surface area contributed by atoms with Crippen LogP contribution >= 0.6 is 0 Å². The normalized spacial score (nSPS) is 26.9. The minimum Gasteiger partial charge on any atom is -0.436 e. The quantitative estimate of drug-likeness (QED) is 0.500. The molecule has 0 aromatic carbocycles. The van der Waals surface area contributed by atoms with Crippen molar-refractivity contribution in [3.63, 3.8) is 0 Å². The third-order valence-corrected chi connectivity index (χ3v) is 3.53. The Labute approximate surface area is 131 Å².